The van der Waals surface area contributed by atoms with Crippen molar-refractivity contribution in [3.8, 4) is 11.3 Å². The van der Waals surface area contributed by atoms with Gasteiger partial charge in [0.15, 0.2) is 17.3 Å². The molecule has 0 spiro atoms. The van der Waals surface area contributed by atoms with E-state index in [1.54, 1.807) is 0 Å². The van der Waals surface area contributed by atoms with E-state index in [-0.39, 0.29) is 11.7 Å². The van der Waals surface area contributed by atoms with Gasteiger partial charge in [0, 0.05) is 68.9 Å². The molecule has 3 aliphatic rings. The van der Waals surface area contributed by atoms with Gasteiger partial charge in [0.25, 0.3) is 5.91 Å². The zero-order chi connectivity index (χ0) is 28.2. The third-order valence-corrected chi connectivity index (χ3v) is 8.46. The number of carbonyl (C=O) groups excluding carboxylic acids is 1. The lowest BCUT2D eigenvalue weighted by molar-refractivity contribution is 0.0982. The van der Waals surface area contributed by atoms with Crippen molar-refractivity contribution in [3.05, 3.63) is 60.3 Å². The lowest BCUT2D eigenvalue weighted by atomic mass is 10.0. The summed E-state index contributed by atoms with van der Waals surface area (Å²) in [4.78, 5) is 29.6. The summed E-state index contributed by atoms with van der Waals surface area (Å²) in [5.41, 5.74) is 9.36. The van der Waals surface area contributed by atoms with Crippen molar-refractivity contribution in [1.82, 2.24) is 19.8 Å². The van der Waals surface area contributed by atoms with Crippen LogP contribution in [-0.2, 0) is 4.74 Å². The van der Waals surface area contributed by atoms with Gasteiger partial charge in [-0.15, -0.1) is 0 Å². The predicted molar refractivity (Wildman–Crippen MR) is 163 cm³/mol. The molecule has 6 rings (SSSR count). The Labute approximate surface area is 241 Å². The smallest absolute Gasteiger partial charge is 0.271 e. The number of nitrogens with two attached hydrogens (primary N) is 1. The minimum absolute atomic E-state index is 0.104. The molecule has 1 atom stereocenters. The van der Waals surface area contributed by atoms with Crippen LogP contribution in [0.15, 0.2) is 54.6 Å². The Kier molecular flexibility index (Phi) is 8.31. The number of hydrogen-bond donors (Lipinski definition) is 3. The van der Waals surface area contributed by atoms with Gasteiger partial charge < -0.3 is 30.9 Å². The van der Waals surface area contributed by atoms with Gasteiger partial charge in [0.2, 0.25) is 0 Å². The highest BCUT2D eigenvalue weighted by Crippen LogP contribution is 2.31. The van der Waals surface area contributed by atoms with Crippen LogP contribution in [0.2, 0.25) is 0 Å². The van der Waals surface area contributed by atoms with Gasteiger partial charge >= 0.3 is 0 Å². The number of piperazine rings is 1. The van der Waals surface area contributed by atoms with Gasteiger partial charge in [-0.2, -0.15) is 0 Å². The van der Waals surface area contributed by atoms with E-state index < -0.39 is 5.91 Å². The molecule has 3 fully saturated rings. The van der Waals surface area contributed by atoms with Crippen LogP contribution in [0.25, 0.3) is 11.3 Å². The molecule has 10 heteroatoms. The quantitative estimate of drug-likeness (QED) is 0.384. The first kappa shape index (κ1) is 27.4. The highest BCUT2D eigenvalue weighted by Gasteiger charge is 2.27. The van der Waals surface area contributed by atoms with Crippen LogP contribution in [0.4, 0.5) is 23.0 Å². The van der Waals surface area contributed by atoms with Crippen molar-refractivity contribution in [2.75, 3.05) is 75.1 Å². The first-order valence-corrected chi connectivity index (χ1v) is 14.7. The van der Waals surface area contributed by atoms with Gasteiger partial charge in [-0.05, 0) is 50.6 Å². The van der Waals surface area contributed by atoms with Crippen molar-refractivity contribution in [2.45, 2.75) is 31.3 Å². The Morgan fingerprint density at radius 3 is 2.29 bits per heavy atom. The number of carbonyl (C=O) groups is 1. The Hall–Kier alpha value is -3.73. The first-order chi connectivity index (χ1) is 20.0. The standard InChI is InChI=1S/C31H40N8O2/c1-37-16-18-39(19-17-37)26-11-14-38(15-12-26)25-9-7-23(8-10-25)33-31-28(29(32)40)35-27(22-5-3-2-4-6-22)30(36-31)34-24-13-20-41-21-24/h2-10,24,26H,11-21H2,1H3,(H2,32,40)(H2,33,34,36)/t24-/m1/s1. The summed E-state index contributed by atoms with van der Waals surface area (Å²) in [5, 5.41) is 6.79. The average Bonchev–Trinajstić information content (AvgIpc) is 3.52. The molecule has 3 saturated heterocycles. The van der Waals surface area contributed by atoms with Crippen LogP contribution in [0.5, 0.6) is 0 Å². The summed E-state index contributed by atoms with van der Waals surface area (Å²) in [6.07, 6.45) is 3.26. The van der Waals surface area contributed by atoms with E-state index >= 15 is 0 Å². The van der Waals surface area contributed by atoms with Crippen molar-refractivity contribution in [1.29, 1.82) is 0 Å². The van der Waals surface area contributed by atoms with Gasteiger partial charge in [-0.1, -0.05) is 30.3 Å². The topological polar surface area (TPSA) is 112 Å². The van der Waals surface area contributed by atoms with E-state index in [0.717, 1.165) is 43.9 Å². The molecule has 3 aliphatic heterocycles. The number of benzene rings is 2. The maximum absolute atomic E-state index is 12.5. The molecule has 0 unspecified atom stereocenters. The van der Waals surface area contributed by atoms with E-state index in [2.05, 4.69) is 44.5 Å². The van der Waals surface area contributed by atoms with Crippen LogP contribution >= 0.6 is 0 Å². The molecule has 216 valence electrons. The number of nitrogens with one attached hydrogen (secondary N) is 2. The number of hydrogen-bond acceptors (Lipinski definition) is 9. The highest BCUT2D eigenvalue weighted by molar-refractivity contribution is 5.97. The number of amides is 1. The van der Waals surface area contributed by atoms with Crippen molar-refractivity contribution in [2.24, 2.45) is 5.73 Å². The zero-order valence-electron chi connectivity index (χ0n) is 23.8. The number of aromatic nitrogens is 2. The van der Waals surface area contributed by atoms with Gasteiger partial charge in [-0.3, -0.25) is 9.69 Å². The third kappa shape index (κ3) is 6.45. The monoisotopic (exact) mass is 556 g/mol. The normalized spacial score (nSPS) is 20.7. The summed E-state index contributed by atoms with van der Waals surface area (Å²) in [7, 11) is 2.21. The molecule has 0 radical (unpaired) electrons. The van der Waals surface area contributed by atoms with E-state index in [0.29, 0.717) is 36.6 Å². The van der Waals surface area contributed by atoms with E-state index in [4.69, 9.17) is 20.4 Å². The largest absolute Gasteiger partial charge is 0.379 e. The fourth-order valence-corrected chi connectivity index (χ4v) is 6.00. The summed E-state index contributed by atoms with van der Waals surface area (Å²) in [5.74, 6) is 0.297. The van der Waals surface area contributed by atoms with Crippen LogP contribution in [0.3, 0.4) is 0 Å². The van der Waals surface area contributed by atoms with E-state index in [1.165, 1.54) is 31.6 Å². The van der Waals surface area contributed by atoms with Crippen LogP contribution in [0, 0.1) is 0 Å². The van der Waals surface area contributed by atoms with Crippen LogP contribution in [-0.4, -0.2) is 97.3 Å². The zero-order valence-corrected chi connectivity index (χ0v) is 23.8. The first-order valence-electron chi connectivity index (χ1n) is 14.7. The second kappa shape index (κ2) is 12.4. The molecule has 4 N–H and O–H groups in total. The molecule has 2 aromatic carbocycles. The average molecular weight is 557 g/mol. The number of primary amides is 1. The summed E-state index contributed by atoms with van der Waals surface area (Å²) < 4.78 is 5.56. The second-order valence-corrected chi connectivity index (χ2v) is 11.3. The summed E-state index contributed by atoms with van der Waals surface area (Å²) in [6.45, 7) is 8.10. The number of ether oxygens (including phenoxy) is 1. The molecule has 0 aliphatic carbocycles. The van der Waals surface area contributed by atoms with Gasteiger partial charge in [-0.25, -0.2) is 9.97 Å². The molecule has 41 heavy (non-hydrogen) atoms. The second-order valence-electron chi connectivity index (χ2n) is 11.3. The minimum atomic E-state index is -0.632. The molecule has 1 aromatic heterocycles. The molecular weight excluding hydrogens is 516 g/mol. The van der Waals surface area contributed by atoms with Gasteiger partial charge in [0.05, 0.1) is 12.6 Å². The Bertz CT molecular complexity index is 1310. The molecule has 3 aromatic rings. The number of likely N-dealkylation sites (N-methyl/N-ethyl adjacent to an activating group) is 1. The lowest BCUT2D eigenvalue weighted by Crippen LogP contribution is -2.52. The van der Waals surface area contributed by atoms with Crippen LogP contribution in [0.1, 0.15) is 29.8 Å². The predicted octanol–water partition coefficient (Wildman–Crippen LogP) is 3.40. The van der Waals surface area contributed by atoms with E-state index in [1.807, 2.05) is 42.5 Å². The fourth-order valence-electron chi connectivity index (χ4n) is 6.00. The molecule has 10 nitrogen and oxygen atoms in total. The molecule has 1 amide bonds. The summed E-state index contributed by atoms with van der Waals surface area (Å²) in [6, 6.07) is 18.8. The van der Waals surface area contributed by atoms with E-state index in [9.17, 15) is 4.79 Å². The number of anilines is 4. The fraction of sp³-hybridized carbons (Fsp3) is 0.452. The Morgan fingerprint density at radius 2 is 1.63 bits per heavy atom. The highest BCUT2D eigenvalue weighted by atomic mass is 16.5. The van der Waals surface area contributed by atoms with Gasteiger partial charge in [0.1, 0.15) is 5.69 Å². The van der Waals surface area contributed by atoms with Crippen LogP contribution < -0.4 is 21.3 Å². The Morgan fingerprint density at radius 1 is 0.902 bits per heavy atom. The molecule has 0 saturated carbocycles. The number of piperidine rings is 1. The molecular formula is C31H40N8O2. The maximum Gasteiger partial charge on any atom is 0.271 e. The number of rotatable bonds is 8. The molecule has 0 bridgehead atoms. The Balaban J connectivity index is 1.18. The molecule has 4 heterocycles. The van der Waals surface area contributed by atoms with Crippen molar-refractivity contribution >= 4 is 28.9 Å². The number of nitrogens with zero attached hydrogens (tertiary/aromatic N) is 5. The minimum Gasteiger partial charge on any atom is -0.379 e. The summed E-state index contributed by atoms with van der Waals surface area (Å²) >= 11 is 0. The maximum atomic E-state index is 12.5. The SMILES string of the molecule is CN1CCN(C2CCN(c3ccc(Nc4nc(N[C@@H]5CCOC5)c(-c5ccccc5)nc4C(N)=O)cc3)CC2)CC1. The lowest BCUT2D eigenvalue weighted by Gasteiger charge is -2.42. The third-order valence-electron chi connectivity index (χ3n) is 8.46. The van der Waals surface area contributed by atoms with Crippen molar-refractivity contribution < 1.29 is 9.53 Å². The van der Waals surface area contributed by atoms with Crippen molar-refractivity contribution in [3.63, 3.8) is 0 Å².